The summed E-state index contributed by atoms with van der Waals surface area (Å²) < 4.78 is 6.66. The van der Waals surface area contributed by atoms with Crippen LogP contribution in [0.2, 0.25) is 0 Å². The number of ether oxygens (including phenoxy) is 1. The van der Waals surface area contributed by atoms with Crippen molar-refractivity contribution in [3.05, 3.63) is 46.6 Å². The molecule has 5 rings (SSSR count). The van der Waals surface area contributed by atoms with Crippen molar-refractivity contribution in [3.8, 4) is 0 Å². The van der Waals surface area contributed by atoms with Crippen LogP contribution in [0.3, 0.4) is 0 Å². The van der Waals surface area contributed by atoms with E-state index in [4.69, 9.17) is 15.5 Å². The summed E-state index contributed by atoms with van der Waals surface area (Å²) >= 11 is 1.75. The number of aryl methyl sites for hydroxylation is 1. The number of hydrogen-bond acceptors (Lipinski definition) is 7. The lowest BCUT2D eigenvalue weighted by atomic mass is 9.89. The van der Waals surface area contributed by atoms with Crippen molar-refractivity contribution in [1.82, 2.24) is 14.9 Å². The molecule has 0 bridgehead atoms. The molecule has 2 aliphatic heterocycles. The third-order valence-corrected chi connectivity index (χ3v) is 8.50. The lowest BCUT2D eigenvalue weighted by Gasteiger charge is -2.38. The molecule has 0 aliphatic carbocycles. The van der Waals surface area contributed by atoms with Gasteiger partial charge in [0.05, 0.1) is 33.2 Å². The first-order valence-corrected chi connectivity index (χ1v) is 13.6. The average molecular weight is 508 g/mol. The molecule has 2 atom stereocenters. The number of rotatable bonds is 4. The smallest absolute Gasteiger partial charge is 0.313 e. The van der Waals surface area contributed by atoms with Gasteiger partial charge in [-0.1, -0.05) is 19.9 Å². The van der Waals surface area contributed by atoms with Gasteiger partial charge in [0.25, 0.3) is 0 Å². The van der Waals surface area contributed by atoms with Crippen molar-refractivity contribution in [3.63, 3.8) is 0 Å². The van der Waals surface area contributed by atoms with Crippen LogP contribution in [0.1, 0.15) is 67.6 Å². The van der Waals surface area contributed by atoms with Gasteiger partial charge in [-0.25, -0.2) is 9.97 Å². The van der Waals surface area contributed by atoms with E-state index in [0.29, 0.717) is 36.3 Å². The maximum absolute atomic E-state index is 13.4. The number of piperidine rings is 1. The SMILES string of the molecule is CCc1cc(NC(=O)C(=O)N2C[C@@H](C)CC[C@@H]2c2ccc3sc(C4CCOCC4)nc3c2)cnc1N. The highest BCUT2D eigenvalue weighted by Crippen LogP contribution is 2.38. The van der Waals surface area contributed by atoms with Crippen LogP contribution in [0.5, 0.6) is 0 Å². The maximum atomic E-state index is 13.4. The molecule has 190 valence electrons. The molecule has 9 heteroatoms. The molecule has 1 aromatic carbocycles. The van der Waals surface area contributed by atoms with E-state index >= 15 is 0 Å². The Balaban J connectivity index is 1.37. The minimum atomic E-state index is -0.653. The largest absolute Gasteiger partial charge is 0.383 e. The van der Waals surface area contributed by atoms with Crippen LogP contribution in [-0.4, -0.2) is 46.4 Å². The highest BCUT2D eigenvalue weighted by atomic mass is 32.1. The third-order valence-electron chi connectivity index (χ3n) is 7.30. The number of carbonyl (C=O) groups excluding carboxylic acids is 2. The fraction of sp³-hybridized carbons (Fsp3) is 0.481. The number of nitrogens with two attached hydrogens (primary N) is 1. The molecule has 4 heterocycles. The molecule has 2 amide bonds. The average Bonchev–Trinajstić information content (AvgIpc) is 3.33. The molecule has 2 saturated heterocycles. The van der Waals surface area contributed by atoms with E-state index in [2.05, 4.69) is 35.4 Å². The van der Waals surface area contributed by atoms with Crippen molar-refractivity contribution in [2.45, 2.75) is 57.9 Å². The second-order valence-corrected chi connectivity index (χ2v) is 11.0. The summed E-state index contributed by atoms with van der Waals surface area (Å²) in [6.07, 6.45) is 6.01. The van der Waals surface area contributed by atoms with Gasteiger partial charge in [-0.05, 0) is 67.3 Å². The number of nitrogens with zero attached hydrogens (tertiary/aromatic N) is 3. The highest BCUT2D eigenvalue weighted by Gasteiger charge is 2.34. The van der Waals surface area contributed by atoms with Gasteiger partial charge in [0.2, 0.25) is 0 Å². The fourth-order valence-electron chi connectivity index (χ4n) is 5.20. The summed E-state index contributed by atoms with van der Waals surface area (Å²) in [4.78, 5) is 37.2. The monoisotopic (exact) mass is 507 g/mol. The molecule has 0 unspecified atom stereocenters. The van der Waals surface area contributed by atoms with Crippen LogP contribution >= 0.6 is 11.3 Å². The number of aromatic nitrogens is 2. The Hall–Kier alpha value is -3.04. The summed E-state index contributed by atoms with van der Waals surface area (Å²) in [7, 11) is 0. The van der Waals surface area contributed by atoms with Crippen LogP contribution in [-0.2, 0) is 20.7 Å². The number of amides is 2. The van der Waals surface area contributed by atoms with Gasteiger partial charge in [0.15, 0.2) is 0 Å². The standard InChI is InChI=1S/C27H33N5O3S/c1-3-17-12-20(14-29-24(17)28)30-25(33)27(34)32-15-16(2)4-6-22(32)19-5-7-23-21(13-19)31-26(36-23)18-8-10-35-11-9-18/h5,7,12-14,16,18,22H,3-4,6,8-11,15H2,1-2H3,(H2,28,29)(H,30,33)/t16-,22+/m0/s1. The fourth-order valence-corrected chi connectivity index (χ4v) is 6.32. The Morgan fingerprint density at radius 1 is 1.19 bits per heavy atom. The number of pyridine rings is 1. The van der Waals surface area contributed by atoms with Crippen molar-refractivity contribution >= 4 is 44.9 Å². The zero-order chi connectivity index (χ0) is 25.2. The number of likely N-dealkylation sites (tertiary alicyclic amines) is 1. The minimum absolute atomic E-state index is 0.159. The van der Waals surface area contributed by atoms with Gasteiger partial charge >= 0.3 is 11.8 Å². The number of fused-ring (bicyclic) bond motifs is 1. The van der Waals surface area contributed by atoms with Crippen LogP contribution in [0, 0.1) is 5.92 Å². The number of benzene rings is 1. The first-order chi connectivity index (χ1) is 17.4. The lowest BCUT2D eigenvalue weighted by molar-refractivity contribution is -0.146. The summed E-state index contributed by atoms with van der Waals surface area (Å²) in [6.45, 7) is 6.21. The molecule has 0 spiro atoms. The first-order valence-electron chi connectivity index (χ1n) is 12.8. The van der Waals surface area contributed by atoms with E-state index in [-0.39, 0.29) is 6.04 Å². The van der Waals surface area contributed by atoms with Crippen LogP contribution in [0.4, 0.5) is 11.5 Å². The molecular weight excluding hydrogens is 474 g/mol. The van der Waals surface area contributed by atoms with Crippen molar-refractivity contribution in [2.75, 3.05) is 30.8 Å². The van der Waals surface area contributed by atoms with E-state index in [1.165, 1.54) is 11.2 Å². The number of nitrogen functional groups attached to an aromatic ring is 1. The van der Waals surface area contributed by atoms with Gasteiger partial charge in [-0.2, -0.15) is 0 Å². The minimum Gasteiger partial charge on any atom is -0.383 e. The number of anilines is 2. The number of nitrogens with one attached hydrogen (secondary N) is 1. The van der Waals surface area contributed by atoms with Crippen molar-refractivity contribution < 1.29 is 14.3 Å². The van der Waals surface area contributed by atoms with E-state index in [1.54, 1.807) is 22.3 Å². The molecule has 0 saturated carbocycles. The second kappa shape index (κ2) is 10.5. The Morgan fingerprint density at radius 3 is 2.78 bits per heavy atom. The van der Waals surface area contributed by atoms with E-state index < -0.39 is 11.8 Å². The number of hydrogen-bond donors (Lipinski definition) is 2. The number of carbonyl (C=O) groups is 2. The quantitative estimate of drug-likeness (QED) is 0.497. The lowest BCUT2D eigenvalue weighted by Crippen LogP contribution is -2.46. The molecule has 2 aliphatic rings. The van der Waals surface area contributed by atoms with Crippen molar-refractivity contribution in [1.29, 1.82) is 0 Å². The molecule has 0 radical (unpaired) electrons. The van der Waals surface area contributed by atoms with Crippen LogP contribution < -0.4 is 11.1 Å². The molecule has 3 N–H and O–H groups in total. The molecular formula is C27H33N5O3S. The van der Waals surface area contributed by atoms with E-state index in [1.807, 2.05) is 6.92 Å². The predicted octanol–water partition coefficient (Wildman–Crippen LogP) is 4.67. The van der Waals surface area contributed by atoms with Gasteiger partial charge < -0.3 is 20.7 Å². The zero-order valence-corrected chi connectivity index (χ0v) is 21.6. The summed E-state index contributed by atoms with van der Waals surface area (Å²) in [5.74, 6) is 0.0325. The van der Waals surface area contributed by atoms with Crippen molar-refractivity contribution in [2.24, 2.45) is 5.92 Å². The molecule has 36 heavy (non-hydrogen) atoms. The summed E-state index contributed by atoms with van der Waals surface area (Å²) in [5.41, 5.74) is 9.19. The Labute approximate surface area is 215 Å². The highest BCUT2D eigenvalue weighted by molar-refractivity contribution is 7.18. The molecule has 2 fully saturated rings. The number of thiazole rings is 1. The zero-order valence-electron chi connectivity index (χ0n) is 20.8. The van der Waals surface area contributed by atoms with E-state index in [9.17, 15) is 9.59 Å². The molecule has 3 aromatic rings. The van der Waals surface area contributed by atoms with Gasteiger partial charge in [0, 0.05) is 25.7 Å². The van der Waals surface area contributed by atoms with E-state index in [0.717, 1.165) is 60.2 Å². The first kappa shape index (κ1) is 24.6. The summed E-state index contributed by atoms with van der Waals surface area (Å²) in [6, 6.07) is 7.91. The van der Waals surface area contributed by atoms with Gasteiger partial charge in [-0.3, -0.25) is 9.59 Å². The Morgan fingerprint density at radius 2 is 2.00 bits per heavy atom. The summed E-state index contributed by atoms with van der Waals surface area (Å²) in [5, 5.41) is 3.89. The maximum Gasteiger partial charge on any atom is 0.313 e. The second-order valence-electron chi connectivity index (χ2n) is 9.90. The Bertz CT molecular complexity index is 1270. The Kier molecular flexibility index (Phi) is 7.20. The topological polar surface area (TPSA) is 110 Å². The third kappa shape index (κ3) is 5.08. The van der Waals surface area contributed by atoms with Crippen LogP contribution in [0.25, 0.3) is 10.2 Å². The molecule has 8 nitrogen and oxygen atoms in total. The molecule has 2 aromatic heterocycles. The van der Waals surface area contributed by atoms with Gasteiger partial charge in [-0.15, -0.1) is 11.3 Å². The van der Waals surface area contributed by atoms with Gasteiger partial charge in [0.1, 0.15) is 5.82 Å². The normalized spacial score (nSPS) is 21.0. The van der Waals surface area contributed by atoms with Crippen LogP contribution in [0.15, 0.2) is 30.5 Å². The predicted molar refractivity (Wildman–Crippen MR) is 142 cm³/mol.